The highest BCUT2D eigenvalue weighted by molar-refractivity contribution is 7.80. The molecule has 0 amide bonds. The summed E-state index contributed by atoms with van der Waals surface area (Å²) in [5, 5.41) is 7.03. The highest BCUT2D eigenvalue weighted by atomic mass is 32.1. The first-order chi connectivity index (χ1) is 14.4. The molecule has 7 nitrogen and oxygen atoms in total. The molecular formula is C21H20FN3O4S. The second-order valence-electron chi connectivity index (χ2n) is 6.38. The molecule has 3 N–H and O–H groups in total. The number of benzene rings is 2. The van der Waals surface area contributed by atoms with E-state index >= 15 is 0 Å². The van der Waals surface area contributed by atoms with Gasteiger partial charge in [-0.05, 0) is 60.6 Å². The minimum Gasteiger partial charge on any atom is -0.465 e. The lowest BCUT2D eigenvalue weighted by Crippen LogP contribution is -2.31. The van der Waals surface area contributed by atoms with Gasteiger partial charge in [-0.3, -0.25) is 0 Å². The van der Waals surface area contributed by atoms with E-state index in [0.717, 1.165) is 16.5 Å². The number of thiocarbonyl (C=S) groups is 1. The predicted octanol–water partition coefficient (Wildman–Crippen LogP) is 3.41. The number of carbonyl (C=O) groups excluding carboxylic acids is 2. The Kier molecular flexibility index (Phi) is 6.63. The van der Waals surface area contributed by atoms with E-state index in [2.05, 4.69) is 15.6 Å². The summed E-state index contributed by atoms with van der Waals surface area (Å²) in [5.74, 6) is -1.41. The van der Waals surface area contributed by atoms with E-state index in [1.807, 2.05) is 6.20 Å². The Morgan fingerprint density at radius 2 is 1.87 bits per heavy atom. The second kappa shape index (κ2) is 9.36. The van der Waals surface area contributed by atoms with Crippen LogP contribution in [0, 0.1) is 5.82 Å². The molecule has 0 atom stereocenters. The predicted molar refractivity (Wildman–Crippen MR) is 115 cm³/mol. The highest BCUT2D eigenvalue weighted by Gasteiger charge is 2.16. The number of carbonyl (C=O) groups is 2. The fraction of sp³-hybridized carbons (Fsp3) is 0.190. The molecule has 0 fully saturated rings. The SMILES string of the molecule is COC(=O)c1ccc(C(=O)OC)c(NC(=S)NCCc2c[nH]c3ccc(F)cc23)c1. The largest absolute Gasteiger partial charge is 0.465 e. The molecule has 0 saturated heterocycles. The van der Waals surface area contributed by atoms with Crippen molar-refractivity contribution in [2.24, 2.45) is 0 Å². The summed E-state index contributed by atoms with van der Waals surface area (Å²) in [5.41, 5.74) is 2.60. The lowest BCUT2D eigenvalue weighted by atomic mass is 10.1. The maximum Gasteiger partial charge on any atom is 0.339 e. The molecule has 9 heteroatoms. The number of nitrogens with one attached hydrogen (secondary N) is 3. The van der Waals surface area contributed by atoms with Gasteiger partial charge < -0.3 is 25.1 Å². The van der Waals surface area contributed by atoms with E-state index in [4.69, 9.17) is 21.7 Å². The van der Waals surface area contributed by atoms with Crippen molar-refractivity contribution in [3.63, 3.8) is 0 Å². The molecule has 0 aliphatic heterocycles. The van der Waals surface area contributed by atoms with Crippen LogP contribution in [-0.2, 0) is 15.9 Å². The molecule has 30 heavy (non-hydrogen) atoms. The lowest BCUT2D eigenvalue weighted by molar-refractivity contribution is 0.0587. The molecule has 0 spiro atoms. The quantitative estimate of drug-likeness (QED) is 0.408. The number of H-pyrrole nitrogens is 1. The van der Waals surface area contributed by atoms with Crippen molar-refractivity contribution in [2.75, 3.05) is 26.1 Å². The minimum absolute atomic E-state index is 0.224. The second-order valence-corrected chi connectivity index (χ2v) is 6.79. The van der Waals surface area contributed by atoms with Gasteiger partial charge in [0.25, 0.3) is 0 Å². The van der Waals surface area contributed by atoms with Crippen LogP contribution in [0.3, 0.4) is 0 Å². The Balaban J connectivity index is 1.68. The van der Waals surface area contributed by atoms with Crippen LogP contribution in [0.4, 0.5) is 10.1 Å². The molecule has 0 unspecified atom stereocenters. The van der Waals surface area contributed by atoms with Crippen LogP contribution < -0.4 is 10.6 Å². The fourth-order valence-corrected chi connectivity index (χ4v) is 3.23. The number of aromatic amines is 1. The molecule has 3 aromatic rings. The number of halogens is 1. The number of ether oxygens (including phenoxy) is 2. The van der Waals surface area contributed by atoms with Crippen LogP contribution in [0.25, 0.3) is 10.9 Å². The summed E-state index contributed by atoms with van der Waals surface area (Å²) in [4.78, 5) is 26.9. The van der Waals surface area contributed by atoms with Crippen LogP contribution in [0.5, 0.6) is 0 Å². The monoisotopic (exact) mass is 429 g/mol. The van der Waals surface area contributed by atoms with Gasteiger partial charge in [0, 0.05) is 23.6 Å². The molecule has 156 valence electrons. The van der Waals surface area contributed by atoms with Crippen molar-refractivity contribution in [3.05, 3.63) is 65.1 Å². The van der Waals surface area contributed by atoms with Crippen molar-refractivity contribution in [1.82, 2.24) is 10.3 Å². The number of anilines is 1. The molecule has 0 aliphatic rings. The van der Waals surface area contributed by atoms with Gasteiger partial charge in [0.2, 0.25) is 0 Å². The number of aromatic nitrogens is 1. The molecule has 2 aromatic carbocycles. The molecule has 0 radical (unpaired) electrons. The number of rotatable bonds is 6. The number of esters is 2. The lowest BCUT2D eigenvalue weighted by Gasteiger charge is -2.14. The summed E-state index contributed by atoms with van der Waals surface area (Å²) in [6.07, 6.45) is 2.43. The third-order valence-corrected chi connectivity index (χ3v) is 4.75. The van der Waals surface area contributed by atoms with Gasteiger partial charge in [-0.1, -0.05) is 0 Å². The summed E-state index contributed by atoms with van der Waals surface area (Å²) in [7, 11) is 2.54. The van der Waals surface area contributed by atoms with Crippen molar-refractivity contribution >= 4 is 45.9 Å². The summed E-state index contributed by atoms with van der Waals surface area (Å²) >= 11 is 5.31. The Bertz CT molecular complexity index is 1110. The Hall–Kier alpha value is -3.46. The van der Waals surface area contributed by atoms with Gasteiger partial charge in [0.1, 0.15) is 5.82 Å². The van der Waals surface area contributed by atoms with Gasteiger partial charge in [-0.25, -0.2) is 14.0 Å². The smallest absolute Gasteiger partial charge is 0.339 e. The van der Waals surface area contributed by atoms with E-state index in [0.29, 0.717) is 18.7 Å². The molecule has 1 heterocycles. The summed E-state index contributed by atoms with van der Waals surface area (Å²) in [6, 6.07) is 8.98. The normalized spacial score (nSPS) is 10.5. The van der Waals surface area contributed by atoms with Crippen LogP contribution in [0.2, 0.25) is 0 Å². The molecule has 0 aliphatic carbocycles. The Morgan fingerprint density at radius 3 is 2.60 bits per heavy atom. The van der Waals surface area contributed by atoms with Gasteiger partial charge in [-0.2, -0.15) is 0 Å². The van der Waals surface area contributed by atoms with E-state index in [1.54, 1.807) is 6.07 Å². The summed E-state index contributed by atoms with van der Waals surface area (Å²) in [6.45, 7) is 0.472. The number of fused-ring (bicyclic) bond motifs is 1. The van der Waals surface area contributed by atoms with Crippen LogP contribution in [0.15, 0.2) is 42.6 Å². The third-order valence-electron chi connectivity index (χ3n) is 4.50. The zero-order valence-corrected chi connectivity index (χ0v) is 17.2. The van der Waals surface area contributed by atoms with Crippen molar-refractivity contribution in [3.8, 4) is 0 Å². The average Bonchev–Trinajstić information content (AvgIpc) is 3.14. The van der Waals surface area contributed by atoms with Gasteiger partial charge in [0.15, 0.2) is 5.11 Å². The van der Waals surface area contributed by atoms with Gasteiger partial charge >= 0.3 is 11.9 Å². The van der Waals surface area contributed by atoms with E-state index < -0.39 is 11.9 Å². The van der Waals surface area contributed by atoms with Crippen molar-refractivity contribution < 1.29 is 23.5 Å². The zero-order chi connectivity index (χ0) is 21.7. The molecular weight excluding hydrogens is 409 g/mol. The molecule has 0 bridgehead atoms. The maximum absolute atomic E-state index is 13.5. The van der Waals surface area contributed by atoms with E-state index in [9.17, 15) is 14.0 Å². The molecule has 0 saturated carbocycles. The molecule has 3 rings (SSSR count). The van der Waals surface area contributed by atoms with E-state index in [1.165, 1.54) is 44.6 Å². The first-order valence-electron chi connectivity index (χ1n) is 9.04. The standard InChI is InChI=1S/C21H20FN3O4S/c1-28-19(26)12-3-5-15(20(27)29-2)18(9-12)25-21(30)23-8-7-13-11-24-17-6-4-14(22)10-16(13)17/h3-6,9-11,24H,7-8H2,1-2H3,(H2,23,25,30). The minimum atomic E-state index is -0.572. The number of hydrogen-bond acceptors (Lipinski definition) is 5. The summed E-state index contributed by atoms with van der Waals surface area (Å²) < 4.78 is 23.0. The Morgan fingerprint density at radius 1 is 1.10 bits per heavy atom. The first kappa shape index (κ1) is 21.3. The highest BCUT2D eigenvalue weighted by Crippen LogP contribution is 2.21. The number of methoxy groups -OCH3 is 2. The maximum atomic E-state index is 13.5. The number of hydrogen-bond donors (Lipinski definition) is 3. The van der Waals surface area contributed by atoms with Crippen LogP contribution >= 0.6 is 12.2 Å². The Labute approximate surface area is 177 Å². The van der Waals surface area contributed by atoms with E-state index in [-0.39, 0.29) is 22.1 Å². The van der Waals surface area contributed by atoms with Crippen molar-refractivity contribution in [1.29, 1.82) is 0 Å². The average molecular weight is 429 g/mol. The van der Waals surface area contributed by atoms with Crippen molar-refractivity contribution in [2.45, 2.75) is 6.42 Å². The third kappa shape index (κ3) is 4.74. The topological polar surface area (TPSA) is 92.5 Å². The zero-order valence-electron chi connectivity index (χ0n) is 16.4. The van der Waals surface area contributed by atoms with Gasteiger partial charge in [-0.15, -0.1) is 0 Å². The fourth-order valence-electron chi connectivity index (χ4n) is 3.02. The van der Waals surface area contributed by atoms with Crippen LogP contribution in [-0.4, -0.2) is 42.8 Å². The molecule has 1 aromatic heterocycles. The first-order valence-corrected chi connectivity index (χ1v) is 9.44. The van der Waals surface area contributed by atoms with Crippen LogP contribution in [0.1, 0.15) is 26.3 Å². The van der Waals surface area contributed by atoms with Gasteiger partial charge in [0.05, 0.1) is 31.0 Å².